The van der Waals surface area contributed by atoms with E-state index >= 15 is 0 Å². The van der Waals surface area contributed by atoms with Gasteiger partial charge in [0.1, 0.15) is 0 Å². The summed E-state index contributed by atoms with van der Waals surface area (Å²) < 4.78 is 19.9. The van der Waals surface area contributed by atoms with Gasteiger partial charge in [0.05, 0.1) is 6.10 Å². The maximum Gasteiger partial charge on any atom is 0.165 e. The molecule has 3 heteroatoms. The lowest BCUT2D eigenvalue weighted by Crippen LogP contribution is -2.24. The first-order valence-electron chi connectivity index (χ1n) is 7.34. The van der Waals surface area contributed by atoms with Crippen molar-refractivity contribution in [3.8, 4) is 5.75 Å². The number of benzene rings is 1. The van der Waals surface area contributed by atoms with E-state index in [2.05, 4.69) is 19.2 Å². The molecular weight excluding hydrogens is 241 g/mol. The van der Waals surface area contributed by atoms with E-state index in [0.717, 1.165) is 18.4 Å². The first-order valence-corrected chi connectivity index (χ1v) is 7.34. The smallest absolute Gasteiger partial charge is 0.165 e. The Balaban J connectivity index is 2.07. The normalized spacial score (nSPS) is 16.8. The molecule has 1 aromatic rings. The van der Waals surface area contributed by atoms with Gasteiger partial charge in [-0.05, 0) is 31.7 Å². The van der Waals surface area contributed by atoms with Gasteiger partial charge in [0, 0.05) is 18.2 Å². The van der Waals surface area contributed by atoms with Crippen LogP contribution in [-0.4, -0.2) is 12.1 Å². The fraction of sp³-hybridized carbons (Fsp3) is 0.625. The van der Waals surface area contributed by atoms with Gasteiger partial charge in [-0.15, -0.1) is 0 Å². The zero-order chi connectivity index (χ0) is 13.7. The molecule has 0 heterocycles. The fourth-order valence-corrected chi connectivity index (χ4v) is 2.49. The van der Waals surface area contributed by atoms with Crippen LogP contribution in [0.15, 0.2) is 18.2 Å². The monoisotopic (exact) mass is 265 g/mol. The van der Waals surface area contributed by atoms with Crippen molar-refractivity contribution < 1.29 is 9.13 Å². The molecule has 0 aromatic heterocycles. The van der Waals surface area contributed by atoms with Crippen molar-refractivity contribution in [1.29, 1.82) is 0 Å². The van der Waals surface area contributed by atoms with Crippen LogP contribution in [-0.2, 0) is 6.54 Å². The predicted octanol–water partition coefficient (Wildman–Crippen LogP) is 4.04. The van der Waals surface area contributed by atoms with E-state index in [1.54, 1.807) is 6.07 Å². The third-order valence-corrected chi connectivity index (χ3v) is 3.59. The molecule has 2 rings (SSSR count). The number of ether oxygens (including phenoxy) is 1. The lowest BCUT2D eigenvalue weighted by molar-refractivity contribution is 0.147. The molecule has 1 aromatic carbocycles. The molecule has 0 bridgehead atoms. The largest absolute Gasteiger partial charge is 0.487 e. The first-order chi connectivity index (χ1) is 9.16. The highest BCUT2D eigenvalue weighted by Gasteiger charge is 2.18. The number of rotatable bonds is 5. The maximum atomic E-state index is 14.0. The minimum atomic E-state index is -0.242. The molecule has 0 amide bonds. The van der Waals surface area contributed by atoms with Gasteiger partial charge in [0.2, 0.25) is 0 Å². The highest BCUT2D eigenvalue weighted by molar-refractivity contribution is 5.35. The van der Waals surface area contributed by atoms with E-state index < -0.39 is 0 Å². The SMILES string of the molecule is CC(C)NCc1cccc(F)c1OC1CCCCC1. The first kappa shape index (κ1) is 14.3. The summed E-state index contributed by atoms with van der Waals surface area (Å²) in [6.45, 7) is 4.82. The van der Waals surface area contributed by atoms with Crippen molar-refractivity contribution in [3.05, 3.63) is 29.6 Å². The molecule has 0 atom stereocenters. The summed E-state index contributed by atoms with van der Waals surface area (Å²) in [6, 6.07) is 5.56. The van der Waals surface area contributed by atoms with E-state index in [-0.39, 0.29) is 11.9 Å². The van der Waals surface area contributed by atoms with E-state index in [0.29, 0.717) is 18.3 Å². The summed E-state index contributed by atoms with van der Waals surface area (Å²) >= 11 is 0. The Kier molecular flexibility index (Phi) is 5.20. The molecule has 1 fully saturated rings. The van der Waals surface area contributed by atoms with Crippen LogP contribution in [0.3, 0.4) is 0 Å². The zero-order valence-electron chi connectivity index (χ0n) is 11.9. The summed E-state index contributed by atoms with van der Waals surface area (Å²) in [4.78, 5) is 0. The molecule has 0 saturated heterocycles. The minimum Gasteiger partial charge on any atom is -0.487 e. The highest BCUT2D eigenvalue weighted by Crippen LogP contribution is 2.28. The van der Waals surface area contributed by atoms with Crippen LogP contribution in [0.4, 0.5) is 4.39 Å². The number of hydrogen-bond acceptors (Lipinski definition) is 2. The van der Waals surface area contributed by atoms with Crippen LogP contribution in [0.5, 0.6) is 5.75 Å². The van der Waals surface area contributed by atoms with Crippen LogP contribution in [0.2, 0.25) is 0 Å². The second-order valence-corrected chi connectivity index (χ2v) is 5.64. The van der Waals surface area contributed by atoms with E-state index in [4.69, 9.17) is 4.74 Å². The van der Waals surface area contributed by atoms with E-state index in [9.17, 15) is 4.39 Å². The Morgan fingerprint density at radius 2 is 2.00 bits per heavy atom. The Labute approximate surface area is 115 Å². The second-order valence-electron chi connectivity index (χ2n) is 5.64. The average Bonchev–Trinajstić information content (AvgIpc) is 2.40. The third-order valence-electron chi connectivity index (χ3n) is 3.59. The van der Waals surface area contributed by atoms with Crippen LogP contribution >= 0.6 is 0 Å². The van der Waals surface area contributed by atoms with Crippen molar-refractivity contribution in [1.82, 2.24) is 5.32 Å². The van der Waals surface area contributed by atoms with Crippen LogP contribution in [0.25, 0.3) is 0 Å². The molecule has 1 aliphatic carbocycles. The van der Waals surface area contributed by atoms with Gasteiger partial charge in [-0.25, -0.2) is 4.39 Å². The maximum absolute atomic E-state index is 14.0. The van der Waals surface area contributed by atoms with Gasteiger partial charge in [-0.2, -0.15) is 0 Å². The standard InChI is InChI=1S/C16H24FNO/c1-12(2)18-11-13-7-6-10-15(17)16(13)19-14-8-4-3-5-9-14/h6-7,10,12,14,18H,3-5,8-9,11H2,1-2H3. The molecule has 19 heavy (non-hydrogen) atoms. The Morgan fingerprint density at radius 1 is 1.26 bits per heavy atom. The molecule has 106 valence electrons. The summed E-state index contributed by atoms with van der Waals surface area (Å²) in [5.41, 5.74) is 0.916. The van der Waals surface area contributed by atoms with Gasteiger partial charge >= 0.3 is 0 Å². The molecule has 1 N–H and O–H groups in total. The zero-order valence-corrected chi connectivity index (χ0v) is 11.9. The van der Waals surface area contributed by atoms with Crippen molar-refractivity contribution in [2.45, 2.75) is 64.6 Å². The molecule has 1 saturated carbocycles. The Hall–Kier alpha value is -1.09. The molecule has 0 radical (unpaired) electrons. The van der Waals surface area contributed by atoms with Gasteiger partial charge < -0.3 is 10.1 Å². The van der Waals surface area contributed by atoms with Gasteiger partial charge in [-0.1, -0.05) is 32.4 Å². The van der Waals surface area contributed by atoms with Crippen molar-refractivity contribution in [2.24, 2.45) is 0 Å². The topological polar surface area (TPSA) is 21.3 Å². The quantitative estimate of drug-likeness (QED) is 0.867. The van der Waals surface area contributed by atoms with E-state index in [1.807, 2.05) is 6.07 Å². The summed E-state index contributed by atoms with van der Waals surface area (Å²) in [7, 11) is 0. The molecule has 0 spiro atoms. The fourth-order valence-electron chi connectivity index (χ4n) is 2.49. The molecule has 1 aliphatic rings. The predicted molar refractivity (Wildman–Crippen MR) is 75.9 cm³/mol. The van der Waals surface area contributed by atoms with Gasteiger partial charge in [0.25, 0.3) is 0 Å². The molecule has 0 unspecified atom stereocenters. The lowest BCUT2D eigenvalue weighted by Gasteiger charge is -2.24. The number of halogens is 1. The second kappa shape index (κ2) is 6.90. The van der Waals surface area contributed by atoms with Crippen molar-refractivity contribution in [3.63, 3.8) is 0 Å². The van der Waals surface area contributed by atoms with Gasteiger partial charge in [-0.3, -0.25) is 0 Å². The Bertz CT molecular complexity index is 400. The Morgan fingerprint density at radius 3 is 2.68 bits per heavy atom. The van der Waals surface area contributed by atoms with Gasteiger partial charge in [0.15, 0.2) is 11.6 Å². The number of nitrogens with one attached hydrogen (secondary N) is 1. The number of para-hydroxylation sites is 1. The van der Waals surface area contributed by atoms with Crippen LogP contribution in [0.1, 0.15) is 51.5 Å². The van der Waals surface area contributed by atoms with Crippen LogP contribution in [0, 0.1) is 5.82 Å². The minimum absolute atomic E-state index is 0.184. The van der Waals surface area contributed by atoms with Crippen LogP contribution < -0.4 is 10.1 Å². The third kappa shape index (κ3) is 4.20. The highest BCUT2D eigenvalue weighted by atomic mass is 19.1. The summed E-state index contributed by atoms with van der Waals surface area (Å²) in [5.74, 6) is 0.205. The summed E-state index contributed by atoms with van der Waals surface area (Å²) in [5, 5.41) is 3.32. The average molecular weight is 265 g/mol. The molecule has 0 aliphatic heterocycles. The van der Waals surface area contributed by atoms with Crippen molar-refractivity contribution in [2.75, 3.05) is 0 Å². The molecular formula is C16H24FNO. The van der Waals surface area contributed by atoms with Crippen molar-refractivity contribution >= 4 is 0 Å². The number of hydrogen-bond donors (Lipinski definition) is 1. The summed E-state index contributed by atoms with van der Waals surface area (Å²) in [6.07, 6.45) is 5.94. The van der Waals surface area contributed by atoms with E-state index in [1.165, 1.54) is 25.3 Å². The molecule has 2 nitrogen and oxygen atoms in total. The lowest BCUT2D eigenvalue weighted by atomic mass is 9.97.